The van der Waals surface area contributed by atoms with Gasteiger partial charge in [-0.3, -0.25) is 4.79 Å². The summed E-state index contributed by atoms with van der Waals surface area (Å²) >= 11 is 0. The van der Waals surface area contributed by atoms with E-state index in [4.69, 9.17) is 0 Å². The summed E-state index contributed by atoms with van der Waals surface area (Å²) in [6.45, 7) is 7.99. The lowest BCUT2D eigenvalue weighted by Crippen LogP contribution is -2.50. The van der Waals surface area contributed by atoms with Crippen LogP contribution in [-0.2, 0) is 16.6 Å². The zero-order valence-corrected chi connectivity index (χ0v) is 20.1. The van der Waals surface area contributed by atoms with E-state index in [1.165, 1.54) is 5.56 Å². The van der Waals surface area contributed by atoms with Crippen molar-refractivity contribution in [2.24, 2.45) is 0 Å². The Morgan fingerprint density at radius 2 is 1.39 bits per heavy atom. The highest BCUT2D eigenvalue weighted by atomic mass is 16.2. The van der Waals surface area contributed by atoms with Crippen LogP contribution in [0.1, 0.15) is 37.0 Å². The Kier molecular flexibility index (Phi) is 7.26. The molecule has 4 nitrogen and oxygen atoms in total. The van der Waals surface area contributed by atoms with E-state index in [0.29, 0.717) is 0 Å². The van der Waals surface area contributed by atoms with Crippen molar-refractivity contribution in [3.63, 3.8) is 0 Å². The average molecular weight is 442 g/mol. The highest BCUT2D eigenvalue weighted by molar-refractivity contribution is 6.09. The van der Waals surface area contributed by atoms with Gasteiger partial charge < -0.3 is 4.90 Å². The molecule has 33 heavy (non-hydrogen) atoms. The fraction of sp³-hybridized carbons (Fsp3) is 0.345. The SMILES string of the molecule is CCN(CC)CCC1(c2ccccc2)C(=O)N(N(C)CCc2ccccc2)c2ccccc21. The smallest absolute Gasteiger partial charge is 0.256 e. The molecule has 0 saturated heterocycles. The predicted molar refractivity (Wildman–Crippen MR) is 136 cm³/mol. The molecule has 0 spiro atoms. The van der Waals surface area contributed by atoms with Gasteiger partial charge in [0.15, 0.2) is 0 Å². The van der Waals surface area contributed by atoms with E-state index in [-0.39, 0.29) is 5.91 Å². The zero-order valence-electron chi connectivity index (χ0n) is 20.1. The van der Waals surface area contributed by atoms with Gasteiger partial charge in [-0.05, 0) is 55.2 Å². The molecule has 0 bridgehead atoms. The minimum absolute atomic E-state index is 0.151. The molecule has 1 aliphatic heterocycles. The summed E-state index contributed by atoms with van der Waals surface area (Å²) in [6, 6.07) is 29.2. The zero-order chi connectivity index (χ0) is 23.3. The van der Waals surface area contributed by atoms with Gasteiger partial charge >= 0.3 is 0 Å². The fourth-order valence-electron chi connectivity index (χ4n) is 5.05. The number of rotatable bonds is 10. The fourth-order valence-corrected chi connectivity index (χ4v) is 5.05. The van der Waals surface area contributed by atoms with E-state index in [2.05, 4.69) is 78.4 Å². The third-order valence-electron chi connectivity index (χ3n) is 7.02. The van der Waals surface area contributed by atoms with Crippen LogP contribution in [0.2, 0.25) is 0 Å². The molecule has 0 N–H and O–H groups in total. The van der Waals surface area contributed by atoms with Crippen LogP contribution in [0.3, 0.4) is 0 Å². The summed E-state index contributed by atoms with van der Waals surface area (Å²) in [5.41, 5.74) is 3.79. The molecule has 1 aliphatic rings. The van der Waals surface area contributed by atoms with Crippen LogP contribution in [0, 0.1) is 0 Å². The number of hydrazine groups is 1. The second-order valence-electron chi connectivity index (χ2n) is 8.80. The van der Waals surface area contributed by atoms with Gasteiger partial charge in [-0.1, -0.05) is 92.7 Å². The van der Waals surface area contributed by atoms with Crippen molar-refractivity contribution in [3.8, 4) is 0 Å². The average Bonchev–Trinajstić information content (AvgIpc) is 3.13. The van der Waals surface area contributed by atoms with Crippen molar-refractivity contribution in [2.75, 3.05) is 38.2 Å². The molecule has 0 saturated carbocycles. The largest absolute Gasteiger partial charge is 0.304 e. The number of benzene rings is 3. The molecule has 1 amide bonds. The number of hydrogen-bond acceptors (Lipinski definition) is 3. The van der Waals surface area contributed by atoms with Crippen molar-refractivity contribution in [2.45, 2.75) is 32.1 Å². The van der Waals surface area contributed by atoms with Crippen molar-refractivity contribution in [1.82, 2.24) is 9.91 Å². The Morgan fingerprint density at radius 3 is 2.06 bits per heavy atom. The molecule has 4 heteroatoms. The minimum Gasteiger partial charge on any atom is -0.304 e. The summed E-state index contributed by atoms with van der Waals surface area (Å²) in [5.74, 6) is 0.151. The van der Waals surface area contributed by atoms with Gasteiger partial charge in [0, 0.05) is 13.6 Å². The molecule has 0 aliphatic carbocycles. The van der Waals surface area contributed by atoms with Crippen LogP contribution >= 0.6 is 0 Å². The van der Waals surface area contributed by atoms with Crippen LogP contribution in [0.4, 0.5) is 5.69 Å². The number of para-hydroxylation sites is 1. The van der Waals surface area contributed by atoms with Gasteiger partial charge in [-0.15, -0.1) is 0 Å². The molecule has 1 unspecified atom stereocenters. The van der Waals surface area contributed by atoms with Crippen LogP contribution in [0.15, 0.2) is 84.9 Å². The molecule has 3 aromatic carbocycles. The summed E-state index contributed by atoms with van der Waals surface area (Å²) in [4.78, 5) is 16.8. The first kappa shape index (κ1) is 23.2. The van der Waals surface area contributed by atoms with E-state index in [1.807, 2.05) is 42.4 Å². The lowest BCUT2D eigenvalue weighted by Gasteiger charge is -2.34. The van der Waals surface area contributed by atoms with Crippen LogP contribution in [-0.4, -0.2) is 49.0 Å². The Labute approximate surface area is 198 Å². The number of amides is 1. The van der Waals surface area contributed by atoms with Gasteiger partial charge in [0.25, 0.3) is 5.91 Å². The number of anilines is 1. The van der Waals surface area contributed by atoms with E-state index in [0.717, 1.165) is 55.8 Å². The van der Waals surface area contributed by atoms with E-state index in [9.17, 15) is 4.79 Å². The maximum Gasteiger partial charge on any atom is 0.256 e. The van der Waals surface area contributed by atoms with Crippen LogP contribution in [0.5, 0.6) is 0 Å². The predicted octanol–water partition coefficient (Wildman–Crippen LogP) is 5.14. The molecule has 0 fully saturated rings. The van der Waals surface area contributed by atoms with Gasteiger partial charge in [0.1, 0.15) is 5.41 Å². The third kappa shape index (κ3) is 4.46. The Bertz CT molecular complexity index is 1050. The van der Waals surface area contributed by atoms with Gasteiger partial charge in [0.05, 0.1) is 5.69 Å². The molecule has 0 radical (unpaired) electrons. The number of fused-ring (bicyclic) bond motifs is 1. The lowest BCUT2D eigenvalue weighted by molar-refractivity contribution is -0.124. The summed E-state index contributed by atoms with van der Waals surface area (Å²) < 4.78 is 0. The minimum atomic E-state index is -0.679. The molecular weight excluding hydrogens is 406 g/mol. The second-order valence-corrected chi connectivity index (χ2v) is 8.80. The number of nitrogens with zero attached hydrogens (tertiary/aromatic N) is 3. The number of hydrogen-bond donors (Lipinski definition) is 0. The molecule has 3 aromatic rings. The second kappa shape index (κ2) is 10.3. The quantitative estimate of drug-likeness (QED) is 0.436. The molecule has 0 aromatic heterocycles. The highest BCUT2D eigenvalue weighted by Crippen LogP contribution is 2.48. The molecule has 4 rings (SSSR count). The normalized spacial score (nSPS) is 17.7. The molecule has 1 heterocycles. The van der Waals surface area contributed by atoms with E-state index >= 15 is 0 Å². The maximum absolute atomic E-state index is 14.4. The first-order chi connectivity index (χ1) is 16.1. The van der Waals surface area contributed by atoms with Crippen LogP contribution in [0.25, 0.3) is 0 Å². The molecular formula is C29H35N3O. The van der Waals surface area contributed by atoms with E-state index in [1.54, 1.807) is 0 Å². The lowest BCUT2D eigenvalue weighted by atomic mass is 9.72. The van der Waals surface area contributed by atoms with Gasteiger partial charge in [0.2, 0.25) is 0 Å². The number of likely N-dealkylation sites (N-methyl/N-ethyl adjacent to an activating group) is 1. The number of carbonyl (C=O) groups is 1. The molecule has 172 valence electrons. The highest BCUT2D eigenvalue weighted by Gasteiger charge is 2.52. The Hall–Kier alpha value is -2.95. The van der Waals surface area contributed by atoms with E-state index < -0.39 is 5.41 Å². The monoisotopic (exact) mass is 441 g/mol. The third-order valence-corrected chi connectivity index (χ3v) is 7.02. The Morgan fingerprint density at radius 1 is 0.788 bits per heavy atom. The van der Waals surface area contributed by atoms with Crippen LogP contribution < -0.4 is 5.01 Å². The van der Waals surface area contributed by atoms with Crippen molar-refractivity contribution >= 4 is 11.6 Å². The topological polar surface area (TPSA) is 26.8 Å². The maximum atomic E-state index is 14.4. The Balaban J connectivity index is 1.72. The van der Waals surface area contributed by atoms with Crippen molar-refractivity contribution in [3.05, 3.63) is 102 Å². The first-order valence-corrected chi connectivity index (χ1v) is 12.1. The first-order valence-electron chi connectivity index (χ1n) is 12.1. The number of carbonyl (C=O) groups excluding carboxylic acids is 1. The van der Waals surface area contributed by atoms with Crippen molar-refractivity contribution in [1.29, 1.82) is 0 Å². The summed E-state index contributed by atoms with van der Waals surface area (Å²) in [6.07, 6.45) is 1.65. The van der Waals surface area contributed by atoms with Crippen molar-refractivity contribution < 1.29 is 4.79 Å². The van der Waals surface area contributed by atoms with Gasteiger partial charge in [-0.2, -0.15) is 0 Å². The summed E-state index contributed by atoms with van der Waals surface area (Å²) in [7, 11) is 2.03. The molecule has 1 atom stereocenters. The van der Waals surface area contributed by atoms with Gasteiger partial charge in [-0.25, -0.2) is 10.0 Å². The standard InChI is InChI=1S/C29H35N3O/c1-4-31(5-2)23-21-29(25-16-10-7-11-17-25)26-18-12-13-19-27(26)32(28(29)33)30(3)22-20-24-14-8-6-9-15-24/h6-19H,4-5,20-23H2,1-3H3. The summed E-state index contributed by atoms with van der Waals surface area (Å²) in [5, 5.41) is 4.02.